The highest BCUT2D eigenvalue weighted by Gasteiger charge is 2.71. The first kappa shape index (κ1) is 22.5. The summed E-state index contributed by atoms with van der Waals surface area (Å²) in [7, 11) is 1.46. The van der Waals surface area contributed by atoms with Gasteiger partial charge in [0.05, 0.1) is 5.60 Å². The number of carbonyl (C=O) groups is 1. The number of hydrogen-bond donors (Lipinski definition) is 2. The van der Waals surface area contributed by atoms with Crippen LogP contribution in [0.3, 0.4) is 0 Å². The molecular formula is C23H38O7. The molecule has 2 saturated heterocycles. The summed E-state index contributed by atoms with van der Waals surface area (Å²) in [6.45, 7) is 10.5. The Morgan fingerprint density at radius 1 is 1.13 bits per heavy atom. The van der Waals surface area contributed by atoms with Crippen molar-refractivity contribution >= 4 is 5.97 Å². The Kier molecular flexibility index (Phi) is 5.34. The molecule has 30 heavy (non-hydrogen) atoms. The average molecular weight is 427 g/mol. The molecule has 4 aliphatic rings. The van der Waals surface area contributed by atoms with Crippen LogP contribution in [-0.4, -0.2) is 59.3 Å². The van der Waals surface area contributed by atoms with Gasteiger partial charge in [0.2, 0.25) is 0 Å². The van der Waals surface area contributed by atoms with Crippen molar-refractivity contribution in [3.8, 4) is 0 Å². The number of ether oxygens (including phenoxy) is 4. The van der Waals surface area contributed by atoms with Gasteiger partial charge in [-0.1, -0.05) is 34.1 Å². The smallest absolute Gasteiger partial charge is 0.302 e. The molecule has 7 heteroatoms. The van der Waals surface area contributed by atoms with Gasteiger partial charge in [0.1, 0.15) is 17.8 Å². The number of fused-ring (bicyclic) bond motifs is 3. The Morgan fingerprint density at radius 3 is 2.47 bits per heavy atom. The third-order valence-corrected chi connectivity index (χ3v) is 8.97. The van der Waals surface area contributed by atoms with Crippen LogP contribution in [0.5, 0.6) is 0 Å². The molecule has 2 aliphatic carbocycles. The fraction of sp³-hybridized carbons (Fsp3) is 0.957. The number of hydrogen-bond acceptors (Lipinski definition) is 7. The Bertz CT molecular complexity index is 695. The molecule has 4 fully saturated rings. The molecule has 0 amide bonds. The van der Waals surface area contributed by atoms with Crippen molar-refractivity contribution in [3.63, 3.8) is 0 Å². The molecule has 2 aliphatic heterocycles. The zero-order valence-corrected chi connectivity index (χ0v) is 19.1. The van der Waals surface area contributed by atoms with Crippen LogP contribution in [0.15, 0.2) is 0 Å². The molecule has 172 valence electrons. The van der Waals surface area contributed by atoms with Gasteiger partial charge in [-0.05, 0) is 43.4 Å². The maximum Gasteiger partial charge on any atom is 0.302 e. The minimum atomic E-state index is -1.48. The molecule has 1 spiro atoms. The summed E-state index contributed by atoms with van der Waals surface area (Å²) in [5.41, 5.74) is -2.28. The topological polar surface area (TPSA) is 94.5 Å². The predicted octanol–water partition coefficient (Wildman–Crippen LogP) is 2.76. The summed E-state index contributed by atoms with van der Waals surface area (Å²) >= 11 is 0. The molecule has 0 aromatic heterocycles. The van der Waals surface area contributed by atoms with E-state index in [1.54, 1.807) is 0 Å². The van der Waals surface area contributed by atoms with Gasteiger partial charge in [0.25, 0.3) is 0 Å². The first-order valence-corrected chi connectivity index (χ1v) is 11.3. The summed E-state index contributed by atoms with van der Waals surface area (Å²) in [5, 5.41) is 21.8. The Balaban J connectivity index is 1.74. The van der Waals surface area contributed by atoms with Gasteiger partial charge in [-0.2, -0.15) is 0 Å². The highest BCUT2D eigenvalue weighted by atomic mass is 16.8. The first-order valence-electron chi connectivity index (χ1n) is 11.3. The quantitative estimate of drug-likeness (QED) is 0.656. The molecular weight excluding hydrogens is 388 g/mol. The van der Waals surface area contributed by atoms with E-state index in [9.17, 15) is 15.0 Å². The van der Waals surface area contributed by atoms with Crippen LogP contribution in [0.25, 0.3) is 0 Å². The van der Waals surface area contributed by atoms with Crippen LogP contribution >= 0.6 is 0 Å². The number of carbonyl (C=O) groups excluding carboxylic acids is 1. The van der Waals surface area contributed by atoms with Gasteiger partial charge in [-0.3, -0.25) is 4.79 Å². The summed E-state index contributed by atoms with van der Waals surface area (Å²) in [4.78, 5) is 11.9. The van der Waals surface area contributed by atoms with E-state index in [4.69, 9.17) is 18.9 Å². The van der Waals surface area contributed by atoms with Gasteiger partial charge >= 0.3 is 5.97 Å². The highest BCUT2D eigenvalue weighted by Crippen LogP contribution is 2.67. The average Bonchev–Trinajstić information content (AvgIpc) is 2.89. The van der Waals surface area contributed by atoms with Crippen molar-refractivity contribution < 1.29 is 34.0 Å². The molecule has 0 unspecified atom stereocenters. The summed E-state index contributed by atoms with van der Waals surface area (Å²) < 4.78 is 23.7. The second-order valence-corrected chi connectivity index (χ2v) is 11.0. The van der Waals surface area contributed by atoms with E-state index >= 15 is 0 Å². The molecule has 0 aromatic rings. The van der Waals surface area contributed by atoms with Crippen LogP contribution in [0, 0.1) is 22.7 Å². The van der Waals surface area contributed by atoms with Crippen molar-refractivity contribution in [2.24, 2.45) is 22.7 Å². The van der Waals surface area contributed by atoms with E-state index in [1.165, 1.54) is 14.0 Å². The fourth-order valence-corrected chi connectivity index (χ4v) is 7.73. The normalized spacial score (nSPS) is 52.5. The molecule has 2 saturated carbocycles. The lowest BCUT2D eigenvalue weighted by atomic mass is 9.42. The largest absolute Gasteiger partial charge is 0.462 e. The molecule has 0 radical (unpaired) electrons. The number of methoxy groups -OCH3 is 1. The van der Waals surface area contributed by atoms with E-state index < -0.39 is 29.9 Å². The molecule has 2 heterocycles. The molecule has 9 atom stereocenters. The SMILES string of the molecule is CO[C@@H]1O[C@@H]2O[C@]3(CC[C@@]2(O)[C@@H]1O)[C@H](C)C[C@@H](OC(C)=O)[C@H]1C(C)(C)CCC[C@@]13C. The Labute approximate surface area is 179 Å². The number of aliphatic hydroxyl groups excluding tert-OH is 1. The zero-order chi connectivity index (χ0) is 22.1. The molecule has 4 rings (SSSR count). The first-order chi connectivity index (χ1) is 13.9. The third-order valence-electron chi connectivity index (χ3n) is 8.97. The molecule has 7 nitrogen and oxygen atoms in total. The zero-order valence-electron chi connectivity index (χ0n) is 19.1. The number of rotatable bonds is 2. The summed E-state index contributed by atoms with van der Waals surface area (Å²) in [6, 6.07) is 0. The maximum atomic E-state index is 11.9. The lowest BCUT2D eigenvalue weighted by molar-refractivity contribution is -0.362. The van der Waals surface area contributed by atoms with Crippen LogP contribution < -0.4 is 0 Å². The van der Waals surface area contributed by atoms with E-state index in [0.717, 1.165) is 19.3 Å². The maximum absolute atomic E-state index is 11.9. The van der Waals surface area contributed by atoms with Gasteiger partial charge in [0, 0.05) is 25.4 Å². The van der Waals surface area contributed by atoms with Gasteiger partial charge in [0.15, 0.2) is 12.6 Å². The monoisotopic (exact) mass is 426 g/mol. The van der Waals surface area contributed by atoms with E-state index in [1.807, 2.05) is 0 Å². The molecule has 0 aromatic carbocycles. The third kappa shape index (κ3) is 2.92. The second-order valence-electron chi connectivity index (χ2n) is 11.0. The van der Waals surface area contributed by atoms with Crippen molar-refractivity contribution in [1.29, 1.82) is 0 Å². The lowest BCUT2D eigenvalue weighted by Crippen LogP contribution is -2.71. The standard InChI is InChI=1S/C23H38O7/c1-13-12-15(28-14(2)24)16-20(3,4)8-7-9-21(16,5)23(13)11-10-22(26)17(25)18(27-6)29-19(22)30-23/h13,15-19,25-26H,7-12H2,1-6H3/t13-,15-,16+,17-,18-,19-,21+,22-,23-/m1/s1. The minimum Gasteiger partial charge on any atom is -0.462 e. The van der Waals surface area contributed by atoms with Crippen LogP contribution in [0.2, 0.25) is 0 Å². The van der Waals surface area contributed by atoms with Crippen LogP contribution in [0.1, 0.15) is 73.1 Å². The predicted molar refractivity (Wildman–Crippen MR) is 108 cm³/mol. The van der Waals surface area contributed by atoms with Gasteiger partial charge in [-0.15, -0.1) is 0 Å². The second kappa shape index (κ2) is 7.14. The van der Waals surface area contributed by atoms with E-state index in [0.29, 0.717) is 19.3 Å². The fourth-order valence-electron chi connectivity index (χ4n) is 7.73. The molecule has 2 N–H and O–H groups in total. The minimum absolute atomic E-state index is 0.0114. The number of aliphatic hydroxyl groups is 2. The van der Waals surface area contributed by atoms with E-state index in [2.05, 4.69) is 27.7 Å². The summed E-state index contributed by atoms with van der Waals surface area (Å²) in [6.07, 6.45) is 1.66. The lowest BCUT2D eigenvalue weighted by Gasteiger charge is -2.68. The van der Waals surface area contributed by atoms with Crippen molar-refractivity contribution in [3.05, 3.63) is 0 Å². The Morgan fingerprint density at radius 2 is 1.83 bits per heavy atom. The van der Waals surface area contributed by atoms with Crippen molar-refractivity contribution in [2.45, 2.75) is 109 Å². The van der Waals surface area contributed by atoms with E-state index in [-0.39, 0.29) is 34.7 Å². The van der Waals surface area contributed by atoms with Crippen molar-refractivity contribution in [2.75, 3.05) is 7.11 Å². The molecule has 0 bridgehead atoms. The van der Waals surface area contributed by atoms with Gasteiger partial charge in [-0.25, -0.2) is 0 Å². The van der Waals surface area contributed by atoms with Crippen LogP contribution in [-0.2, 0) is 23.7 Å². The van der Waals surface area contributed by atoms with Crippen LogP contribution in [0.4, 0.5) is 0 Å². The van der Waals surface area contributed by atoms with Gasteiger partial charge < -0.3 is 29.2 Å². The number of esters is 1. The summed E-state index contributed by atoms with van der Waals surface area (Å²) in [5.74, 6) is -0.00512. The highest BCUT2D eigenvalue weighted by molar-refractivity contribution is 5.66. The Hall–Kier alpha value is -0.730. The van der Waals surface area contributed by atoms with Crippen molar-refractivity contribution in [1.82, 2.24) is 0 Å².